The van der Waals surface area contributed by atoms with E-state index in [-0.39, 0.29) is 11.9 Å². The van der Waals surface area contributed by atoms with Crippen LogP contribution in [0.1, 0.15) is 12.8 Å². The minimum absolute atomic E-state index is 0.131. The summed E-state index contributed by atoms with van der Waals surface area (Å²) in [5.74, 6) is 0.995. The Morgan fingerprint density at radius 1 is 1.53 bits per heavy atom. The third-order valence-electron chi connectivity index (χ3n) is 2.33. The number of ether oxygens (including phenoxy) is 1. The summed E-state index contributed by atoms with van der Waals surface area (Å²) in [4.78, 5) is 11.0. The number of hydrogen-bond acceptors (Lipinski definition) is 2. The topological polar surface area (TPSA) is 38.3 Å². The predicted octanol–water partition coefficient (Wildman–Crippen LogP) is 1.95. The number of halogens is 1. The van der Waals surface area contributed by atoms with E-state index in [1.54, 1.807) is 0 Å². The monoisotopic (exact) mass is 317 g/mol. The number of nitrogens with one attached hydrogen (secondary N) is 1. The van der Waals surface area contributed by atoms with Gasteiger partial charge in [0.05, 0.1) is 6.04 Å². The molecule has 0 saturated carbocycles. The van der Waals surface area contributed by atoms with Crippen molar-refractivity contribution in [2.45, 2.75) is 18.9 Å². The maximum absolute atomic E-state index is 11.0. The summed E-state index contributed by atoms with van der Waals surface area (Å²) in [7, 11) is 0. The van der Waals surface area contributed by atoms with Gasteiger partial charge in [-0.3, -0.25) is 4.79 Å². The summed E-state index contributed by atoms with van der Waals surface area (Å²) >= 11 is 2.25. The SMILES string of the molecule is O=C1CCC(COc2cccc(I)c2)N1. The Bertz CT molecular complexity index is 367. The van der Waals surface area contributed by atoms with Crippen LogP contribution in [0.25, 0.3) is 0 Å². The molecule has 1 aliphatic heterocycles. The van der Waals surface area contributed by atoms with E-state index in [9.17, 15) is 4.79 Å². The van der Waals surface area contributed by atoms with E-state index in [1.807, 2.05) is 24.3 Å². The molecule has 80 valence electrons. The summed E-state index contributed by atoms with van der Waals surface area (Å²) in [6, 6.07) is 8.07. The van der Waals surface area contributed by atoms with Gasteiger partial charge in [-0.2, -0.15) is 0 Å². The lowest BCUT2D eigenvalue weighted by molar-refractivity contribution is -0.119. The minimum atomic E-state index is 0.131. The van der Waals surface area contributed by atoms with Gasteiger partial charge in [0.1, 0.15) is 12.4 Å². The first kappa shape index (κ1) is 10.7. The molecule has 1 aromatic carbocycles. The second-order valence-corrected chi connectivity index (χ2v) is 4.82. The van der Waals surface area contributed by atoms with Gasteiger partial charge in [-0.15, -0.1) is 0 Å². The van der Waals surface area contributed by atoms with Gasteiger partial charge in [0.25, 0.3) is 0 Å². The molecule has 0 aliphatic carbocycles. The Morgan fingerprint density at radius 2 is 2.40 bits per heavy atom. The highest BCUT2D eigenvalue weighted by molar-refractivity contribution is 14.1. The van der Waals surface area contributed by atoms with Gasteiger partial charge in [0.2, 0.25) is 5.91 Å². The number of rotatable bonds is 3. The number of amides is 1. The molecule has 1 unspecified atom stereocenters. The Labute approximate surface area is 102 Å². The van der Waals surface area contributed by atoms with Crippen LogP contribution in [-0.4, -0.2) is 18.6 Å². The maximum atomic E-state index is 11.0. The molecule has 1 fully saturated rings. The van der Waals surface area contributed by atoms with Crippen molar-refractivity contribution >= 4 is 28.5 Å². The lowest BCUT2D eigenvalue weighted by Gasteiger charge is -2.11. The van der Waals surface area contributed by atoms with Crippen molar-refractivity contribution in [2.75, 3.05) is 6.61 Å². The zero-order chi connectivity index (χ0) is 10.7. The first-order valence-electron chi connectivity index (χ1n) is 4.92. The molecule has 2 rings (SSSR count). The Balaban J connectivity index is 1.85. The van der Waals surface area contributed by atoms with E-state index in [2.05, 4.69) is 27.9 Å². The molecule has 3 nitrogen and oxygen atoms in total. The molecule has 0 radical (unpaired) electrons. The van der Waals surface area contributed by atoms with Crippen molar-refractivity contribution in [3.63, 3.8) is 0 Å². The number of carbonyl (C=O) groups is 1. The van der Waals surface area contributed by atoms with Gasteiger partial charge in [0.15, 0.2) is 0 Å². The standard InChI is InChI=1S/C11H12INO2/c12-8-2-1-3-10(6-8)15-7-9-4-5-11(14)13-9/h1-3,6,9H,4-5,7H2,(H,13,14). The highest BCUT2D eigenvalue weighted by Crippen LogP contribution is 2.16. The fourth-order valence-corrected chi connectivity index (χ4v) is 2.07. The lowest BCUT2D eigenvalue weighted by atomic mass is 10.2. The van der Waals surface area contributed by atoms with Gasteiger partial charge in [-0.25, -0.2) is 0 Å². The van der Waals surface area contributed by atoms with Crippen molar-refractivity contribution in [3.05, 3.63) is 27.8 Å². The van der Waals surface area contributed by atoms with Crippen LogP contribution in [0.2, 0.25) is 0 Å². The van der Waals surface area contributed by atoms with Crippen LogP contribution >= 0.6 is 22.6 Å². The third-order valence-corrected chi connectivity index (χ3v) is 3.00. The van der Waals surface area contributed by atoms with Crippen molar-refractivity contribution in [1.82, 2.24) is 5.32 Å². The molecule has 4 heteroatoms. The van der Waals surface area contributed by atoms with Crippen molar-refractivity contribution < 1.29 is 9.53 Å². The summed E-state index contributed by atoms with van der Waals surface area (Å²) < 4.78 is 6.75. The molecular formula is C11H12INO2. The lowest BCUT2D eigenvalue weighted by Crippen LogP contribution is -2.30. The van der Waals surface area contributed by atoms with Crippen molar-refractivity contribution in [3.8, 4) is 5.75 Å². The molecule has 1 heterocycles. The van der Waals surface area contributed by atoms with Crippen LogP contribution in [0.3, 0.4) is 0 Å². The zero-order valence-corrected chi connectivity index (χ0v) is 10.4. The summed E-state index contributed by atoms with van der Waals surface area (Å²) in [5.41, 5.74) is 0. The van der Waals surface area contributed by atoms with Crippen LogP contribution in [0.4, 0.5) is 0 Å². The summed E-state index contributed by atoms with van der Waals surface area (Å²) in [6.07, 6.45) is 1.50. The van der Waals surface area contributed by atoms with Gasteiger partial charge < -0.3 is 10.1 Å². The molecular weight excluding hydrogens is 305 g/mol. The molecule has 0 aromatic heterocycles. The van der Waals surface area contributed by atoms with Crippen LogP contribution in [0.15, 0.2) is 24.3 Å². The van der Waals surface area contributed by atoms with E-state index in [0.29, 0.717) is 13.0 Å². The summed E-state index contributed by atoms with van der Waals surface area (Å²) in [6.45, 7) is 0.561. The van der Waals surface area contributed by atoms with Crippen molar-refractivity contribution in [1.29, 1.82) is 0 Å². The largest absolute Gasteiger partial charge is 0.491 e. The zero-order valence-electron chi connectivity index (χ0n) is 8.20. The average Bonchev–Trinajstić information content (AvgIpc) is 2.62. The Morgan fingerprint density at radius 3 is 3.07 bits per heavy atom. The van der Waals surface area contributed by atoms with Crippen molar-refractivity contribution in [2.24, 2.45) is 0 Å². The van der Waals surface area contributed by atoms with Gasteiger partial charge in [-0.05, 0) is 47.2 Å². The van der Waals surface area contributed by atoms with Gasteiger partial charge in [-0.1, -0.05) is 6.07 Å². The average molecular weight is 317 g/mol. The molecule has 15 heavy (non-hydrogen) atoms. The first-order valence-corrected chi connectivity index (χ1v) is 5.99. The molecule has 1 amide bonds. The second kappa shape index (κ2) is 4.83. The molecule has 1 atom stereocenters. The second-order valence-electron chi connectivity index (χ2n) is 3.57. The van der Waals surface area contributed by atoms with E-state index in [1.165, 1.54) is 0 Å². The number of carbonyl (C=O) groups excluding carboxylic acids is 1. The van der Waals surface area contributed by atoms with Crippen LogP contribution in [0.5, 0.6) is 5.75 Å². The quantitative estimate of drug-likeness (QED) is 0.866. The molecule has 0 spiro atoms. The fourth-order valence-electron chi connectivity index (χ4n) is 1.56. The highest BCUT2D eigenvalue weighted by atomic mass is 127. The van der Waals surface area contributed by atoms with Crippen LogP contribution in [-0.2, 0) is 4.79 Å². The Kier molecular flexibility index (Phi) is 3.45. The fraction of sp³-hybridized carbons (Fsp3) is 0.364. The Hall–Kier alpha value is -0.780. The first-order chi connectivity index (χ1) is 7.24. The smallest absolute Gasteiger partial charge is 0.220 e. The third kappa shape index (κ3) is 3.09. The molecule has 1 aromatic rings. The van der Waals surface area contributed by atoms with E-state index < -0.39 is 0 Å². The van der Waals surface area contributed by atoms with Crippen LogP contribution < -0.4 is 10.1 Å². The maximum Gasteiger partial charge on any atom is 0.220 e. The molecule has 1 saturated heterocycles. The van der Waals surface area contributed by atoms with E-state index in [4.69, 9.17) is 4.74 Å². The van der Waals surface area contributed by atoms with Crippen LogP contribution in [0, 0.1) is 3.57 Å². The number of hydrogen-bond donors (Lipinski definition) is 1. The normalized spacial score (nSPS) is 20.1. The summed E-state index contributed by atoms with van der Waals surface area (Å²) in [5, 5.41) is 2.87. The number of benzene rings is 1. The van der Waals surface area contributed by atoms with E-state index in [0.717, 1.165) is 15.7 Å². The molecule has 0 bridgehead atoms. The molecule has 1 N–H and O–H groups in total. The minimum Gasteiger partial charge on any atom is -0.491 e. The van der Waals surface area contributed by atoms with E-state index >= 15 is 0 Å². The van der Waals surface area contributed by atoms with Gasteiger partial charge in [0, 0.05) is 9.99 Å². The molecule has 1 aliphatic rings. The van der Waals surface area contributed by atoms with Gasteiger partial charge >= 0.3 is 0 Å². The highest BCUT2D eigenvalue weighted by Gasteiger charge is 2.20. The predicted molar refractivity (Wildman–Crippen MR) is 65.8 cm³/mol.